The Kier molecular flexibility index (Phi) is 5.94. The van der Waals surface area contributed by atoms with Crippen LogP contribution in [0.2, 0.25) is 0 Å². The lowest BCUT2D eigenvalue weighted by Crippen LogP contribution is -2.31. The van der Waals surface area contributed by atoms with E-state index in [0.29, 0.717) is 0 Å². The molecule has 0 amide bonds. The molecule has 0 aliphatic heterocycles. The highest BCUT2D eigenvalue weighted by Gasteiger charge is 2.32. The molecule has 0 aromatic heterocycles. The van der Waals surface area contributed by atoms with E-state index in [9.17, 15) is 0 Å². The Morgan fingerprint density at radius 1 is 0.933 bits per heavy atom. The van der Waals surface area contributed by atoms with Crippen LogP contribution in [0.1, 0.15) is 59.8 Å². The van der Waals surface area contributed by atoms with E-state index in [2.05, 4.69) is 50.3 Å². The molecule has 0 radical (unpaired) electrons. The second kappa shape index (κ2) is 6.46. The first kappa shape index (κ1) is 13.8. The van der Waals surface area contributed by atoms with Crippen molar-refractivity contribution >= 4 is 22.6 Å². The molecule has 1 heteroatoms. The predicted octanol–water partition coefficient (Wildman–Crippen LogP) is 5.30. The third-order valence-electron chi connectivity index (χ3n) is 4.30. The van der Waals surface area contributed by atoms with Crippen LogP contribution in [-0.4, -0.2) is 3.92 Å². The van der Waals surface area contributed by atoms with Gasteiger partial charge in [0.1, 0.15) is 0 Å². The summed E-state index contributed by atoms with van der Waals surface area (Å²) in [7, 11) is 0. The van der Waals surface area contributed by atoms with Gasteiger partial charge in [0.05, 0.1) is 0 Å². The minimum Gasteiger partial charge on any atom is -0.0826 e. The summed E-state index contributed by atoms with van der Waals surface area (Å²) in [5, 5.41) is 0. The van der Waals surface area contributed by atoms with Gasteiger partial charge in [0.2, 0.25) is 0 Å². The van der Waals surface area contributed by atoms with Crippen LogP contribution in [0.15, 0.2) is 0 Å². The molecule has 0 aromatic rings. The maximum absolute atomic E-state index is 2.61. The van der Waals surface area contributed by atoms with E-state index < -0.39 is 0 Å². The van der Waals surface area contributed by atoms with Crippen molar-refractivity contribution in [3.63, 3.8) is 0 Å². The average molecular weight is 322 g/mol. The fraction of sp³-hybridized carbons (Fsp3) is 1.00. The first-order chi connectivity index (χ1) is 7.04. The average Bonchev–Trinajstić information content (AvgIpc) is 2.18. The number of hydrogen-bond donors (Lipinski definition) is 0. The van der Waals surface area contributed by atoms with Crippen LogP contribution >= 0.6 is 22.6 Å². The molecule has 2 unspecified atom stereocenters. The Bertz CT molecular complexity index is 168. The summed E-state index contributed by atoms with van der Waals surface area (Å²) in [6, 6.07) is 0. The quantitative estimate of drug-likeness (QED) is 0.487. The van der Waals surface area contributed by atoms with Crippen LogP contribution < -0.4 is 0 Å². The molecule has 1 fully saturated rings. The Balaban J connectivity index is 2.63. The minimum atomic E-state index is 0.817. The Morgan fingerprint density at radius 2 is 1.47 bits per heavy atom. The predicted molar refractivity (Wildman–Crippen MR) is 77.5 cm³/mol. The van der Waals surface area contributed by atoms with Crippen molar-refractivity contribution in [1.82, 2.24) is 0 Å². The van der Waals surface area contributed by atoms with Crippen LogP contribution in [-0.2, 0) is 0 Å². The van der Waals surface area contributed by atoms with Crippen molar-refractivity contribution in [2.24, 2.45) is 23.7 Å². The molecular weight excluding hydrogens is 295 g/mol. The van der Waals surface area contributed by atoms with E-state index in [4.69, 9.17) is 0 Å². The van der Waals surface area contributed by atoms with Crippen molar-refractivity contribution < 1.29 is 0 Å². The fourth-order valence-corrected chi connectivity index (χ4v) is 3.89. The van der Waals surface area contributed by atoms with Crippen molar-refractivity contribution in [3.05, 3.63) is 0 Å². The van der Waals surface area contributed by atoms with Crippen LogP contribution in [0.5, 0.6) is 0 Å². The fourth-order valence-electron chi connectivity index (χ4n) is 3.41. The summed E-state index contributed by atoms with van der Waals surface area (Å²) in [4.78, 5) is 0. The Morgan fingerprint density at radius 3 is 1.87 bits per heavy atom. The van der Waals surface area contributed by atoms with Gasteiger partial charge in [0.25, 0.3) is 0 Å². The second-order valence-electron chi connectivity index (χ2n) is 5.76. The van der Waals surface area contributed by atoms with Gasteiger partial charge in [-0.15, -0.1) is 0 Å². The summed E-state index contributed by atoms with van der Waals surface area (Å²) < 4.78 is 0.817. The second-order valence-corrected chi connectivity index (χ2v) is 7.72. The van der Waals surface area contributed by atoms with Crippen molar-refractivity contribution in [2.45, 2.75) is 63.7 Å². The summed E-state index contributed by atoms with van der Waals surface area (Å²) in [5.41, 5.74) is 0. The van der Waals surface area contributed by atoms with E-state index in [0.717, 1.165) is 27.6 Å². The minimum absolute atomic E-state index is 0.817. The zero-order valence-electron chi connectivity index (χ0n) is 10.8. The summed E-state index contributed by atoms with van der Waals surface area (Å²) in [6.07, 6.45) is 7.44. The number of halogens is 1. The van der Waals surface area contributed by atoms with Gasteiger partial charge in [-0.3, -0.25) is 0 Å². The smallest absolute Gasteiger partial charge is 0.0110 e. The van der Waals surface area contributed by atoms with Gasteiger partial charge < -0.3 is 0 Å². The topological polar surface area (TPSA) is 0 Å². The third kappa shape index (κ3) is 3.90. The molecule has 1 aliphatic rings. The third-order valence-corrected chi connectivity index (χ3v) is 5.43. The van der Waals surface area contributed by atoms with E-state index in [1.807, 2.05) is 0 Å². The van der Waals surface area contributed by atoms with Gasteiger partial charge in [-0.2, -0.15) is 0 Å². The molecule has 1 aliphatic carbocycles. The van der Waals surface area contributed by atoms with Gasteiger partial charge in [-0.25, -0.2) is 0 Å². The monoisotopic (exact) mass is 322 g/mol. The maximum Gasteiger partial charge on any atom is 0.0110 e. The number of rotatable bonds is 4. The highest BCUT2D eigenvalue weighted by molar-refractivity contribution is 14.1. The molecule has 15 heavy (non-hydrogen) atoms. The van der Waals surface area contributed by atoms with Crippen LogP contribution in [0.3, 0.4) is 0 Å². The highest BCUT2D eigenvalue weighted by Crippen LogP contribution is 2.40. The molecule has 0 spiro atoms. The number of hydrogen-bond acceptors (Lipinski definition) is 0. The molecule has 3 atom stereocenters. The van der Waals surface area contributed by atoms with Crippen LogP contribution in [0.4, 0.5) is 0 Å². The van der Waals surface area contributed by atoms with Gasteiger partial charge in [-0.05, 0) is 23.7 Å². The lowest BCUT2D eigenvalue weighted by atomic mass is 9.69. The zero-order chi connectivity index (χ0) is 11.4. The SMILES string of the molecule is CC(C)C(C1CCCCC1)[C@H](C)C(C)I. The van der Waals surface area contributed by atoms with E-state index in [1.54, 1.807) is 0 Å². The molecule has 0 nitrogen and oxygen atoms in total. The summed E-state index contributed by atoms with van der Waals surface area (Å²) >= 11 is 2.61. The molecule has 90 valence electrons. The van der Waals surface area contributed by atoms with Gasteiger partial charge in [-0.1, -0.05) is 82.4 Å². The first-order valence-corrected chi connectivity index (χ1v) is 7.92. The van der Waals surface area contributed by atoms with Gasteiger partial charge >= 0.3 is 0 Å². The molecule has 1 rings (SSSR count). The molecule has 1 saturated carbocycles. The molecule has 0 aromatic carbocycles. The Labute approximate surface area is 110 Å². The molecule has 0 saturated heterocycles. The summed E-state index contributed by atoms with van der Waals surface area (Å²) in [6.45, 7) is 9.70. The van der Waals surface area contributed by atoms with E-state index in [1.165, 1.54) is 32.1 Å². The normalized spacial score (nSPS) is 25.2. The van der Waals surface area contributed by atoms with Crippen molar-refractivity contribution in [1.29, 1.82) is 0 Å². The first-order valence-electron chi connectivity index (χ1n) is 6.68. The van der Waals surface area contributed by atoms with E-state index in [-0.39, 0.29) is 0 Å². The molecule has 0 heterocycles. The maximum atomic E-state index is 2.61. The van der Waals surface area contributed by atoms with Crippen molar-refractivity contribution in [2.75, 3.05) is 0 Å². The Hall–Kier alpha value is 0.730. The van der Waals surface area contributed by atoms with Crippen molar-refractivity contribution in [3.8, 4) is 0 Å². The van der Waals surface area contributed by atoms with Crippen LogP contribution in [0, 0.1) is 23.7 Å². The number of alkyl halides is 1. The lowest BCUT2D eigenvalue weighted by molar-refractivity contribution is 0.139. The van der Waals surface area contributed by atoms with Gasteiger partial charge in [0, 0.05) is 3.92 Å². The highest BCUT2D eigenvalue weighted by atomic mass is 127. The summed E-state index contributed by atoms with van der Waals surface area (Å²) in [5.74, 6) is 3.72. The van der Waals surface area contributed by atoms with E-state index >= 15 is 0 Å². The molecule has 0 bridgehead atoms. The molecule has 0 N–H and O–H groups in total. The lowest BCUT2D eigenvalue weighted by Gasteiger charge is -2.38. The largest absolute Gasteiger partial charge is 0.0826 e. The standard InChI is InChI=1S/C14H27I/c1-10(2)14(11(3)12(4)15)13-8-6-5-7-9-13/h10-14H,5-9H2,1-4H3/t11-,12?,14?/m1/s1. The van der Waals surface area contributed by atoms with Gasteiger partial charge in [0.15, 0.2) is 0 Å². The zero-order valence-corrected chi connectivity index (χ0v) is 13.0. The molecular formula is C14H27I. The van der Waals surface area contributed by atoms with Crippen LogP contribution in [0.25, 0.3) is 0 Å².